The molecule has 0 saturated carbocycles. The Kier molecular flexibility index (Phi) is 4.04. The molecule has 1 aromatic carbocycles. The molecule has 0 amide bonds. The van der Waals surface area contributed by atoms with Crippen LogP contribution in [0, 0.1) is 5.82 Å². The minimum absolute atomic E-state index is 0.0503. The van der Waals surface area contributed by atoms with Gasteiger partial charge in [0.05, 0.1) is 16.1 Å². The van der Waals surface area contributed by atoms with E-state index in [0.29, 0.717) is 6.42 Å². The maximum Gasteiger partial charge on any atom is 0.142 e. The predicted octanol–water partition coefficient (Wildman–Crippen LogP) is 2.83. The number of halogens is 2. The van der Waals surface area contributed by atoms with Crippen molar-refractivity contribution in [2.24, 2.45) is 0 Å². The van der Waals surface area contributed by atoms with Crippen LogP contribution in [0.2, 0.25) is 5.02 Å². The lowest BCUT2D eigenvalue weighted by atomic mass is 10.1. The molecule has 17 heavy (non-hydrogen) atoms. The molecule has 1 N–H and O–H groups in total. The lowest BCUT2D eigenvalue weighted by molar-refractivity contribution is 0.591. The van der Waals surface area contributed by atoms with E-state index in [0.717, 1.165) is 10.4 Å². The molecular weight excluding hydrogens is 261 g/mol. The van der Waals surface area contributed by atoms with Crippen molar-refractivity contribution in [2.75, 3.05) is 7.05 Å². The summed E-state index contributed by atoms with van der Waals surface area (Å²) in [4.78, 5) is 1.01. The zero-order chi connectivity index (χ0) is 12.3. The molecule has 1 aromatic heterocycles. The van der Waals surface area contributed by atoms with Crippen LogP contribution in [0.15, 0.2) is 24.4 Å². The molecule has 2 rings (SSSR count). The quantitative estimate of drug-likeness (QED) is 0.929. The van der Waals surface area contributed by atoms with Crippen LogP contribution in [0.25, 0.3) is 0 Å². The molecule has 2 aromatic rings. The third-order valence-corrected chi connectivity index (χ3v) is 3.73. The highest BCUT2D eigenvalue weighted by Gasteiger charge is 2.15. The maximum atomic E-state index is 13.3. The summed E-state index contributed by atoms with van der Waals surface area (Å²) in [6, 6.07) is 4.89. The number of likely N-dealkylation sites (N-methyl/N-ethyl adjacent to an activating group) is 1. The van der Waals surface area contributed by atoms with Crippen LogP contribution >= 0.6 is 23.1 Å². The molecule has 90 valence electrons. The first-order chi connectivity index (χ1) is 8.22. The fourth-order valence-corrected chi connectivity index (χ4v) is 2.41. The Balaban J connectivity index is 2.22. The second-order valence-corrected chi connectivity index (χ2v) is 4.77. The summed E-state index contributed by atoms with van der Waals surface area (Å²) in [5.74, 6) is -0.388. The van der Waals surface area contributed by atoms with Crippen LogP contribution in [0.1, 0.15) is 16.5 Å². The molecule has 0 saturated heterocycles. The first-order valence-electron chi connectivity index (χ1n) is 5.09. The van der Waals surface area contributed by atoms with Crippen molar-refractivity contribution >= 4 is 23.1 Å². The molecule has 0 aliphatic carbocycles. The monoisotopic (exact) mass is 271 g/mol. The van der Waals surface area contributed by atoms with Gasteiger partial charge in [-0.05, 0) is 36.6 Å². The molecule has 6 heteroatoms. The van der Waals surface area contributed by atoms with Crippen molar-refractivity contribution in [2.45, 2.75) is 12.5 Å². The van der Waals surface area contributed by atoms with E-state index in [1.54, 1.807) is 12.3 Å². The van der Waals surface area contributed by atoms with Crippen LogP contribution in [-0.2, 0) is 6.42 Å². The molecule has 3 nitrogen and oxygen atoms in total. The number of nitrogens with zero attached hydrogens (tertiary/aromatic N) is 2. The summed E-state index contributed by atoms with van der Waals surface area (Å²) in [5, 5.41) is 7.13. The van der Waals surface area contributed by atoms with Gasteiger partial charge in [-0.3, -0.25) is 0 Å². The third kappa shape index (κ3) is 2.80. The van der Waals surface area contributed by atoms with Gasteiger partial charge in [-0.1, -0.05) is 28.2 Å². The van der Waals surface area contributed by atoms with Crippen LogP contribution in [0.3, 0.4) is 0 Å². The summed E-state index contributed by atoms with van der Waals surface area (Å²) >= 11 is 7.25. The van der Waals surface area contributed by atoms with E-state index < -0.39 is 0 Å². The summed E-state index contributed by atoms with van der Waals surface area (Å²) in [5.41, 5.74) is 0.777. The van der Waals surface area contributed by atoms with Crippen molar-refractivity contribution < 1.29 is 4.39 Å². The molecule has 1 unspecified atom stereocenters. The number of benzene rings is 1. The second-order valence-electron chi connectivity index (χ2n) is 3.58. The third-order valence-electron chi connectivity index (χ3n) is 2.53. The average molecular weight is 272 g/mol. The zero-order valence-corrected chi connectivity index (χ0v) is 10.7. The molecule has 1 atom stereocenters. The van der Waals surface area contributed by atoms with Gasteiger partial charge in [-0.25, -0.2) is 4.39 Å². The van der Waals surface area contributed by atoms with Crippen LogP contribution in [-0.4, -0.2) is 16.6 Å². The van der Waals surface area contributed by atoms with Gasteiger partial charge in [-0.15, -0.1) is 5.10 Å². The minimum atomic E-state index is -0.388. The Morgan fingerprint density at radius 2 is 2.35 bits per heavy atom. The highest BCUT2D eigenvalue weighted by Crippen LogP contribution is 2.26. The van der Waals surface area contributed by atoms with Gasteiger partial charge < -0.3 is 5.32 Å². The lowest BCUT2D eigenvalue weighted by Crippen LogP contribution is -2.18. The Hall–Kier alpha value is -1.04. The minimum Gasteiger partial charge on any atom is -0.312 e. The number of aromatic nitrogens is 2. The Morgan fingerprint density at radius 1 is 1.53 bits per heavy atom. The molecule has 0 bridgehead atoms. The van der Waals surface area contributed by atoms with E-state index in [2.05, 4.69) is 14.9 Å². The highest BCUT2D eigenvalue weighted by atomic mass is 35.5. The van der Waals surface area contributed by atoms with Gasteiger partial charge in [0.15, 0.2) is 0 Å². The summed E-state index contributed by atoms with van der Waals surface area (Å²) in [7, 11) is 1.84. The lowest BCUT2D eigenvalue weighted by Gasteiger charge is -2.14. The molecule has 0 fully saturated rings. The summed E-state index contributed by atoms with van der Waals surface area (Å²) < 4.78 is 17.1. The van der Waals surface area contributed by atoms with E-state index in [-0.39, 0.29) is 16.9 Å². The van der Waals surface area contributed by atoms with E-state index in [4.69, 9.17) is 11.6 Å². The Morgan fingerprint density at radius 3 is 3.00 bits per heavy atom. The maximum absolute atomic E-state index is 13.3. The molecule has 0 aliphatic rings. The van der Waals surface area contributed by atoms with Gasteiger partial charge >= 0.3 is 0 Å². The SMILES string of the molecule is CNC(Cc1cccc(F)c1Cl)c1cnns1. The highest BCUT2D eigenvalue weighted by molar-refractivity contribution is 7.05. The van der Waals surface area contributed by atoms with Gasteiger partial charge in [0.2, 0.25) is 0 Å². The topological polar surface area (TPSA) is 37.8 Å². The average Bonchev–Trinajstić information content (AvgIpc) is 2.85. The number of nitrogens with one attached hydrogen (secondary N) is 1. The molecule has 0 spiro atoms. The van der Waals surface area contributed by atoms with Crippen molar-refractivity contribution in [3.05, 3.63) is 45.7 Å². The molecule has 0 aliphatic heterocycles. The van der Waals surface area contributed by atoms with Crippen molar-refractivity contribution in [1.82, 2.24) is 14.9 Å². The molecule has 1 heterocycles. The van der Waals surface area contributed by atoms with Gasteiger partial charge in [0.25, 0.3) is 0 Å². The second kappa shape index (κ2) is 5.53. The smallest absolute Gasteiger partial charge is 0.142 e. The fourth-order valence-electron chi connectivity index (χ4n) is 1.60. The van der Waals surface area contributed by atoms with Crippen molar-refractivity contribution in [3.8, 4) is 0 Å². The zero-order valence-electron chi connectivity index (χ0n) is 9.15. The number of rotatable bonds is 4. The van der Waals surface area contributed by atoms with E-state index in [1.807, 2.05) is 13.1 Å². The van der Waals surface area contributed by atoms with Gasteiger partial charge in [-0.2, -0.15) is 0 Å². The first kappa shape index (κ1) is 12.4. The van der Waals surface area contributed by atoms with Crippen LogP contribution in [0.5, 0.6) is 0 Å². The number of hydrogen-bond acceptors (Lipinski definition) is 4. The largest absolute Gasteiger partial charge is 0.312 e. The van der Waals surface area contributed by atoms with Crippen LogP contribution < -0.4 is 5.32 Å². The normalized spacial score (nSPS) is 12.6. The van der Waals surface area contributed by atoms with E-state index in [9.17, 15) is 4.39 Å². The summed E-state index contributed by atoms with van der Waals surface area (Å²) in [6.07, 6.45) is 2.32. The van der Waals surface area contributed by atoms with E-state index >= 15 is 0 Å². The first-order valence-corrected chi connectivity index (χ1v) is 6.25. The summed E-state index contributed by atoms with van der Waals surface area (Å²) in [6.45, 7) is 0. The van der Waals surface area contributed by atoms with Crippen LogP contribution in [0.4, 0.5) is 4.39 Å². The van der Waals surface area contributed by atoms with E-state index in [1.165, 1.54) is 17.6 Å². The Labute approximate surface area is 108 Å². The Bertz CT molecular complexity index is 489. The molecule has 0 radical (unpaired) electrons. The van der Waals surface area contributed by atoms with Gasteiger partial charge in [0, 0.05) is 6.04 Å². The number of hydrogen-bond donors (Lipinski definition) is 1. The fraction of sp³-hybridized carbons (Fsp3) is 0.273. The van der Waals surface area contributed by atoms with Gasteiger partial charge in [0.1, 0.15) is 5.82 Å². The van der Waals surface area contributed by atoms with Crippen molar-refractivity contribution in [3.63, 3.8) is 0 Å². The standard InChI is InChI=1S/C11H11ClFN3S/c1-14-9(10-6-15-16-17-10)5-7-3-2-4-8(13)11(7)12/h2-4,6,9,14H,5H2,1H3. The predicted molar refractivity (Wildman–Crippen MR) is 66.8 cm³/mol. The van der Waals surface area contributed by atoms with Crippen molar-refractivity contribution in [1.29, 1.82) is 0 Å². The molecular formula is C11H11ClFN3S.